The normalized spacial score (nSPS) is 13.1. The number of nitrogens with zero attached hydrogens (tertiary/aromatic N) is 1. The van der Waals surface area contributed by atoms with E-state index in [0.717, 1.165) is 30.7 Å². The second-order valence-electron chi connectivity index (χ2n) is 4.79. The van der Waals surface area contributed by atoms with Gasteiger partial charge in [0.2, 0.25) is 0 Å². The minimum absolute atomic E-state index is 0.204. The van der Waals surface area contributed by atoms with Crippen molar-refractivity contribution in [1.82, 2.24) is 5.32 Å². The minimum atomic E-state index is -0.665. The lowest BCUT2D eigenvalue weighted by atomic mass is 10.2. The third-order valence-corrected chi connectivity index (χ3v) is 2.74. The molecule has 112 valence electrons. The van der Waals surface area contributed by atoms with E-state index < -0.39 is 6.10 Å². The van der Waals surface area contributed by atoms with Gasteiger partial charge in [0.25, 0.3) is 0 Å². The largest absolute Gasteiger partial charge is 0.491 e. The molecule has 1 unspecified atom stereocenters. The van der Waals surface area contributed by atoms with Gasteiger partial charge in [-0.05, 0) is 31.0 Å². The number of ether oxygens (including phenoxy) is 1. The number of nitrogens with one attached hydrogen (secondary N) is 1. The quantitative estimate of drug-likeness (QED) is 0.382. The second-order valence-corrected chi connectivity index (χ2v) is 4.79. The second kappa shape index (κ2) is 9.20. The molecule has 5 heteroatoms. The highest BCUT2D eigenvalue weighted by Crippen LogP contribution is 2.12. The van der Waals surface area contributed by atoms with Gasteiger partial charge >= 0.3 is 0 Å². The van der Waals surface area contributed by atoms with E-state index in [1.807, 2.05) is 31.2 Å². The van der Waals surface area contributed by atoms with Crippen LogP contribution in [-0.2, 0) is 0 Å². The Hall–Kier alpha value is -1.75. The molecule has 0 aliphatic carbocycles. The molecule has 0 aliphatic rings. The van der Waals surface area contributed by atoms with E-state index in [2.05, 4.69) is 17.2 Å². The first-order valence-corrected chi connectivity index (χ1v) is 7.03. The average Bonchev–Trinajstić information content (AvgIpc) is 2.43. The molecular weight excluding hydrogens is 254 g/mol. The van der Waals surface area contributed by atoms with Crippen LogP contribution in [0.1, 0.15) is 25.3 Å². The molecule has 5 nitrogen and oxygen atoms in total. The van der Waals surface area contributed by atoms with Crippen molar-refractivity contribution in [3.05, 3.63) is 29.8 Å². The van der Waals surface area contributed by atoms with Gasteiger partial charge in [0.1, 0.15) is 18.5 Å². The predicted molar refractivity (Wildman–Crippen MR) is 82.1 cm³/mol. The van der Waals surface area contributed by atoms with Crippen LogP contribution in [0.5, 0.6) is 5.75 Å². The highest BCUT2D eigenvalue weighted by molar-refractivity contribution is 5.77. The Morgan fingerprint density at radius 1 is 1.50 bits per heavy atom. The van der Waals surface area contributed by atoms with Crippen molar-refractivity contribution >= 4 is 5.96 Å². The van der Waals surface area contributed by atoms with Crippen molar-refractivity contribution in [3.8, 4) is 5.75 Å². The molecule has 4 N–H and O–H groups in total. The smallest absolute Gasteiger partial charge is 0.188 e. The summed E-state index contributed by atoms with van der Waals surface area (Å²) in [6, 6.07) is 7.71. The lowest BCUT2D eigenvalue weighted by Crippen LogP contribution is -2.34. The summed E-state index contributed by atoms with van der Waals surface area (Å²) in [5.74, 6) is 1.12. The van der Waals surface area contributed by atoms with Crippen LogP contribution in [-0.4, -0.2) is 36.9 Å². The number of unbranched alkanes of at least 4 members (excludes halogenated alkanes) is 1. The maximum Gasteiger partial charge on any atom is 0.188 e. The molecule has 1 aromatic carbocycles. The van der Waals surface area contributed by atoms with Crippen molar-refractivity contribution in [2.75, 3.05) is 19.7 Å². The van der Waals surface area contributed by atoms with Crippen LogP contribution >= 0.6 is 0 Å². The van der Waals surface area contributed by atoms with Crippen molar-refractivity contribution in [3.63, 3.8) is 0 Å². The maximum atomic E-state index is 9.78. The van der Waals surface area contributed by atoms with Crippen molar-refractivity contribution < 1.29 is 9.84 Å². The monoisotopic (exact) mass is 279 g/mol. The van der Waals surface area contributed by atoms with Crippen LogP contribution in [0.4, 0.5) is 0 Å². The number of guanidine groups is 1. The summed E-state index contributed by atoms with van der Waals surface area (Å²) in [5.41, 5.74) is 6.80. The van der Waals surface area contributed by atoms with E-state index in [1.165, 1.54) is 0 Å². The average molecular weight is 279 g/mol. The van der Waals surface area contributed by atoms with Gasteiger partial charge in [0.15, 0.2) is 5.96 Å². The highest BCUT2D eigenvalue weighted by atomic mass is 16.5. The summed E-state index contributed by atoms with van der Waals surface area (Å²) < 4.78 is 5.50. The molecule has 1 aromatic rings. The number of hydrogen-bond acceptors (Lipinski definition) is 3. The Morgan fingerprint density at radius 3 is 3.00 bits per heavy atom. The van der Waals surface area contributed by atoms with E-state index in [1.54, 1.807) is 0 Å². The Bertz CT molecular complexity index is 421. The van der Waals surface area contributed by atoms with Crippen LogP contribution in [0.15, 0.2) is 29.3 Å². The van der Waals surface area contributed by atoms with Gasteiger partial charge in [-0.1, -0.05) is 25.5 Å². The SMILES string of the molecule is CCCCNC(N)=NCC(O)COc1cccc(C)c1. The first-order chi connectivity index (χ1) is 9.61. The van der Waals surface area contributed by atoms with E-state index >= 15 is 0 Å². The molecule has 20 heavy (non-hydrogen) atoms. The molecule has 0 bridgehead atoms. The predicted octanol–water partition coefficient (Wildman–Crippen LogP) is 1.44. The third kappa shape index (κ3) is 6.99. The van der Waals surface area contributed by atoms with E-state index in [0.29, 0.717) is 5.96 Å². The fourth-order valence-electron chi connectivity index (χ4n) is 1.60. The van der Waals surface area contributed by atoms with Crippen LogP contribution < -0.4 is 15.8 Å². The topological polar surface area (TPSA) is 79.9 Å². The Labute approximate surface area is 120 Å². The summed E-state index contributed by atoms with van der Waals surface area (Å²) in [6.07, 6.45) is 1.49. The van der Waals surface area contributed by atoms with Crippen LogP contribution in [0.2, 0.25) is 0 Å². The van der Waals surface area contributed by atoms with Crippen LogP contribution in [0, 0.1) is 6.92 Å². The van der Waals surface area contributed by atoms with Gasteiger partial charge < -0.3 is 20.9 Å². The molecule has 0 heterocycles. The fourth-order valence-corrected chi connectivity index (χ4v) is 1.60. The lowest BCUT2D eigenvalue weighted by molar-refractivity contribution is 0.114. The summed E-state index contributed by atoms with van der Waals surface area (Å²) in [7, 11) is 0. The number of hydrogen-bond donors (Lipinski definition) is 3. The molecule has 1 rings (SSSR count). The standard InChI is InChI=1S/C15H25N3O2/c1-3-4-8-17-15(16)18-10-13(19)11-20-14-7-5-6-12(2)9-14/h5-7,9,13,19H,3-4,8,10-11H2,1-2H3,(H3,16,17,18). The van der Waals surface area contributed by atoms with Crippen LogP contribution in [0.25, 0.3) is 0 Å². The number of rotatable bonds is 8. The zero-order valence-electron chi connectivity index (χ0n) is 12.3. The number of aryl methyl sites for hydroxylation is 1. The molecule has 0 saturated carbocycles. The van der Waals surface area contributed by atoms with Gasteiger partial charge in [-0.25, -0.2) is 0 Å². The first-order valence-electron chi connectivity index (χ1n) is 7.03. The Balaban J connectivity index is 2.26. The van der Waals surface area contributed by atoms with Crippen molar-refractivity contribution in [1.29, 1.82) is 0 Å². The molecular formula is C15H25N3O2. The number of aliphatic hydroxyl groups is 1. The fraction of sp³-hybridized carbons (Fsp3) is 0.533. The minimum Gasteiger partial charge on any atom is -0.491 e. The zero-order valence-corrected chi connectivity index (χ0v) is 12.3. The lowest BCUT2D eigenvalue weighted by Gasteiger charge is -2.11. The number of aliphatic hydroxyl groups excluding tert-OH is 1. The summed E-state index contributed by atoms with van der Waals surface area (Å²) in [4.78, 5) is 4.08. The summed E-state index contributed by atoms with van der Waals surface area (Å²) in [5, 5.41) is 12.8. The Kier molecular flexibility index (Phi) is 7.50. The first kappa shape index (κ1) is 16.3. The van der Waals surface area contributed by atoms with E-state index in [4.69, 9.17) is 10.5 Å². The molecule has 0 aliphatic heterocycles. The molecule has 0 fully saturated rings. The molecule has 0 radical (unpaired) electrons. The number of aliphatic imine (C=N–C) groups is 1. The van der Waals surface area contributed by atoms with Gasteiger partial charge in [-0.2, -0.15) is 0 Å². The number of benzene rings is 1. The third-order valence-electron chi connectivity index (χ3n) is 2.74. The maximum absolute atomic E-state index is 9.78. The van der Waals surface area contributed by atoms with Gasteiger partial charge in [-0.15, -0.1) is 0 Å². The van der Waals surface area contributed by atoms with E-state index in [9.17, 15) is 5.11 Å². The van der Waals surface area contributed by atoms with E-state index in [-0.39, 0.29) is 13.2 Å². The van der Waals surface area contributed by atoms with Gasteiger partial charge in [0.05, 0.1) is 6.54 Å². The van der Waals surface area contributed by atoms with Crippen molar-refractivity contribution in [2.24, 2.45) is 10.7 Å². The molecule has 0 saturated heterocycles. The Morgan fingerprint density at radius 2 is 2.30 bits per heavy atom. The summed E-state index contributed by atoms with van der Waals surface area (Å²) in [6.45, 7) is 5.35. The van der Waals surface area contributed by atoms with Gasteiger partial charge in [-0.3, -0.25) is 4.99 Å². The molecule has 0 aromatic heterocycles. The molecule has 1 atom stereocenters. The number of nitrogens with two attached hydrogens (primary N) is 1. The zero-order chi connectivity index (χ0) is 14.8. The molecule has 0 spiro atoms. The summed E-state index contributed by atoms with van der Waals surface area (Å²) >= 11 is 0. The van der Waals surface area contributed by atoms with Crippen molar-refractivity contribution in [2.45, 2.75) is 32.8 Å². The molecule has 0 amide bonds. The van der Waals surface area contributed by atoms with Gasteiger partial charge in [0, 0.05) is 6.54 Å². The highest BCUT2D eigenvalue weighted by Gasteiger charge is 2.05. The van der Waals surface area contributed by atoms with Crippen LogP contribution in [0.3, 0.4) is 0 Å².